The molecule has 1 N–H and O–H groups in total. The van der Waals surface area contributed by atoms with Gasteiger partial charge in [-0.05, 0) is 32.0 Å². The molecule has 1 aromatic heterocycles. The van der Waals surface area contributed by atoms with Gasteiger partial charge in [-0.2, -0.15) is 0 Å². The summed E-state index contributed by atoms with van der Waals surface area (Å²) in [6.45, 7) is 4.03. The van der Waals surface area contributed by atoms with Crippen LogP contribution in [0.2, 0.25) is 5.02 Å². The van der Waals surface area contributed by atoms with Crippen molar-refractivity contribution >= 4 is 22.9 Å². The van der Waals surface area contributed by atoms with Gasteiger partial charge in [0.15, 0.2) is 0 Å². The molecule has 0 amide bonds. The van der Waals surface area contributed by atoms with Gasteiger partial charge >= 0.3 is 0 Å². The van der Waals surface area contributed by atoms with Crippen molar-refractivity contribution in [3.63, 3.8) is 0 Å². The van der Waals surface area contributed by atoms with Gasteiger partial charge in [-0.1, -0.05) is 11.6 Å². The molecule has 1 aromatic carbocycles. The molecule has 2 rings (SSSR count). The number of aromatic nitrogens is 1. The maximum Gasteiger partial charge on any atom is 0.128 e. The lowest BCUT2D eigenvalue weighted by Crippen LogP contribution is -2.29. The van der Waals surface area contributed by atoms with Gasteiger partial charge in [-0.3, -0.25) is 0 Å². The Bertz CT molecular complexity index is 514. The van der Waals surface area contributed by atoms with E-state index < -0.39 is 0 Å². The first-order valence-electron chi connectivity index (χ1n) is 5.68. The Morgan fingerprint density at radius 1 is 1.39 bits per heavy atom. The van der Waals surface area contributed by atoms with E-state index in [1.807, 2.05) is 19.2 Å². The first kappa shape index (κ1) is 13.5. The van der Waals surface area contributed by atoms with Crippen LogP contribution in [-0.2, 0) is 0 Å². The maximum atomic E-state index is 13.9. The Kier molecular flexibility index (Phi) is 4.32. The van der Waals surface area contributed by atoms with Gasteiger partial charge < -0.3 is 5.32 Å². The molecule has 1 atom stereocenters. The fourth-order valence-electron chi connectivity index (χ4n) is 1.74. The van der Waals surface area contributed by atoms with E-state index in [9.17, 15) is 4.39 Å². The SMILES string of the molecule is CC(C)NC(c1nccs1)c1cc(Cl)ccc1F. The minimum Gasteiger partial charge on any atom is -0.302 e. The maximum absolute atomic E-state index is 13.9. The van der Waals surface area contributed by atoms with E-state index in [1.54, 1.807) is 18.3 Å². The fourth-order valence-corrected chi connectivity index (χ4v) is 2.63. The Morgan fingerprint density at radius 2 is 2.17 bits per heavy atom. The molecule has 1 heterocycles. The molecule has 18 heavy (non-hydrogen) atoms. The predicted octanol–water partition coefficient (Wildman–Crippen LogP) is 4.02. The first-order chi connectivity index (χ1) is 8.58. The van der Waals surface area contributed by atoms with Crippen LogP contribution in [-0.4, -0.2) is 11.0 Å². The second-order valence-corrected chi connectivity index (χ2v) is 5.65. The van der Waals surface area contributed by atoms with E-state index in [-0.39, 0.29) is 17.9 Å². The summed E-state index contributed by atoms with van der Waals surface area (Å²) in [5.74, 6) is -0.271. The highest BCUT2D eigenvalue weighted by Gasteiger charge is 2.21. The number of nitrogens with zero attached hydrogens (tertiary/aromatic N) is 1. The lowest BCUT2D eigenvalue weighted by atomic mass is 10.1. The predicted molar refractivity (Wildman–Crippen MR) is 73.6 cm³/mol. The lowest BCUT2D eigenvalue weighted by molar-refractivity contribution is 0.502. The third kappa shape index (κ3) is 3.07. The topological polar surface area (TPSA) is 24.9 Å². The number of halogens is 2. The average Bonchev–Trinajstić information content (AvgIpc) is 2.82. The highest BCUT2D eigenvalue weighted by Crippen LogP contribution is 2.28. The molecule has 0 spiro atoms. The molecule has 2 nitrogen and oxygen atoms in total. The monoisotopic (exact) mass is 284 g/mol. The van der Waals surface area contributed by atoms with E-state index >= 15 is 0 Å². The highest BCUT2D eigenvalue weighted by atomic mass is 35.5. The van der Waals surface area contributed by atoms with Gasteiger partial charge in [0.05, 0.1) is 6.04 Å². The van der Waals surface area contributed by atoms with Gasteiger partial charge in [0.2, 0.25) is 0 Å². The summed E-state index contributed by atoms with van der Waals surface area (Å²) in [5, 5.41) is 6.56. The smallest absolute Gasteiger partial charge is 0.128 e. The molecule has 0 aliphatic carbocycles. The van der Waals surface area contributed by atoms with E-state index in [4.69, 9.17) is 11.6 Å². The highest BCUT2D eigenvalue weighted by molar-refractivity contribution is 7.09. The van der Waals surface area contributed by atoms with E-state index in [2.05, 4.69) is 10.3 Å². The van der Waals surface area contributed by atoms with Crippen molar-refractivity contribution in [3.05, 3.63) is 51.2 Å². The minimum atomic E-state index is -0.271. The number of nitrogens with one attached hydrogen (secondary N) is 1. The van der Waals surface area contributed by atoms with Crippen molar-refractivity contribution < 1.29 is 4.39 Å². The number of benzene rings is 1. The molecule has 96 valence electrons. The zero-order chi connectivity index (χ0) is 13.1. The standard InChI is InChI=1S/C13H14ClFN2S/c1-8(2)17-12(13-16-5-6-18-13)10-7-9(14)3-4-11(10)15/h3-8,12,17H,1-2H3. The van der Waals surface area contributed by atoms with E-state index in [0.29, 0.717) is 10.6 Å². The molecule has 0 aliphatic heterocycles. The van der Waals surface area contributed by atoms with Crippen LogP contribution in [0.4, 0.5) is 4.39 Å². The molecule has 0 aliphatic rings. The first-order valence-corrected chi connectivity index (χ1v) is 6.94. The van der Waals surface area contributed by atoms with Gasteiger partial charge in [0.25, 0.3) is 0 Å². The Hall–Kier alpha value is -0.970. The second kappa shape index (κ2) is 5.78. The summed E-state index contributed by atoms with van der Waals surface area (Å²) in [6, 6.07) is 4.55. The van der Waals surface area contributed by atoms with E-state index in [0.717, 1.165) is 5.01 Å². The van der Waals surface area contributed by atoms with Crippen LogP contribution in [0.3, 0.4) is 0 Å². The normalized spacial score (nSPS) is 12.9. The molecule has 0 fully saturated rings. The quantitative estimate of drug-likeness (QED) is 0.917. The molecule has 0 saturated heterocycles. The Labute approximate surface area is 115 Å². The van der Waals surface area contributed by atoms with Crippen LogP contribution in [0.1, 0.15) is 30.5 Å². The van der Waals surface area contributed by atoms with Crippen molar-refractivity contribution in [2.75, 3.05) is 0 Å². The average molecular weight is 285 g/mol. The molecule has 0 bridgehead atoms. The van der Waals surface area contributed by atoms with Crippen LogP contribution in [0.15, 0.2) is 29.8 Å². The fraction of sp³-hybridized carbons (Fsp3) is 0.308. The number of rotatable bonds is 4. The van der Waals surface area contributed by atoms with Crippen molar-refractivity contribution in [3.8, 4) is 0 Å². The Morgan fingerprint density at radius 3 is 2.78 bits per heavy atom. The summed E-state index contributed by atoms with van der Waals surface area (Å²) in [4.78, 5) is 4.26. The van der Waals surface area contributed by atoms with Gasteiger partial charge in [-0.15, -0.1) is 11.3 Å². The molecule has 1 unspecified atom stereocenters. The molecule has 5 heteroatoms. The van der Waals surface area contributed by atoms with Gasteiger partial charge in [0, 0.05) is 28.2 Å². The third-order valence-corrected chi connectivity index (χ3v) is 3.54. The van der Waals surface area contributed by atoms with Crippen LogP contribution < -0.4 is 5.32 Å². The third-order valence-electron chi connectivity index (χ3n) is 2.47. The van der Waals surface area contributed by atoms with Crippen molar-refractivity contribution in [2.45, 2.75) is 25.9 Å². The number of thiazole rings is 1. The molecular formula is C13H14ClFN2S. The zero-order valence-electron chi connectivity index (χ0n) is 10.2. The molecule has 0 radical (unpaired) electrons. The molecular weight excluding hydrogens is 271 g/mol. The summed E-state index contributed by atoms with van der Waals surface area (Å²) >= 11 is 7.45. The van der Waals surface area contributed by atoms with Crippen LogP contribution >= 0.6 is 22.9 Å². The van der Waals surface area contributed by atoms with Crippen LogP contribution in [0.5, 0.6) is 0 Å². The summed E-state index contributed by atoms with van der Waals surface area (Å²) < 4.78 is 13.9. The zero-order valence-corrected chi connectivity index (χ0v) is 11.7. The largest absolute Gasteiger partial charge is 0.302 e. The molecule has 0 saturated carbocycles. The van der Waals surface area contributed by atoms with Crippen LogP contribution in [0.25, 0.3) is 0 Å². The van der Waals surface area contributed by atoms with E-state index in [1.165, 1.54) is 17.4 Å². The minimum absolute atomic E-state index is 0.220. The second-order valence-electron chi connectivity index (χ2n) is 4.29. The lowest BCUT2D eigenvalue weighted by Gasteiger charge is -2.20. The van der Waals surface area contributed by atoms with Crippen LogP contribution in [0, 0.1) is 5.82 Å². The Balaban J connectivity index is 2.42. The summed E-state index contributed by atoms with van der Waals surface area (Å²) in [7, 11) is 0. The van der Waals surface area contributed by atoms with Crippen molar-refractivity contribution in [1.82, 2.24) is 10.3 Å². The van der Waals surface area contributed by atoms with Crippen molar-refractivity contribution in [2.24, 2.45) is 0 Å². The number of hydrogen-bond acceptors (Lipinski definition) is 3. The van der Waals surface area contributed by atoms with Gasteiger partial charge in [0.1, 0.15) is 10.8 Å². The van der Waals surface area contributed by atoms with Gasteiger partial charge in [-0.25, -0.2) is 9.37 Å². The molecule has 2 aromatic rings. The summed E-state index contributed by atoms with van der Waals surface area (Å²) in [6.07, 6.45) is 1.72. The van der Waals surface area contributed by atoms with Crippen molar-refractivity contribution in [1.29, 1.82) is 0 Å². The number of hydrogen-bond donors (Lipinski definition) is 1. The summed E-state index contributed by atoms with van der Waals surface area (Å²) in [5.41, 5.74) is 0.533.